The lowest BCUT2D eigenvalue weighted by molar-refractivity contribution is 0.272. The number of hydrogen-bond donors (Lipinski definition) is 0. The van der Waals surface area contributed by atoms with E-state index in [0.29, 0.717) is 17.1 Å². The van der Waals surface area contributed by atoms with E-state index in [-0.39, 0.29) is 46.0 Å². The molecule has 4 rings (SSSR count). The average Bonchev–Trinajstić information content (AvgIpc) is 2.86. The minimum absolute atomic E-state index is 0.187. The van der Waals surface area contributed by atoms with Crippen LogP contribution in [0.5, 0.6) is 28.7 Å². The summed E-state index contributed by atoms with van der Waals surface area (Å²) in [6.07, 6.45) is 0. The summed E-state index contributed by atoms with van der Waals surface area (Å²) in [5.74, 6) is 1.84. The summed E-state index contributed by atoms with van der Waals surface area (Å²) in [6.45, 7) is 0.218. The molecule has 0 aliphatic heterocycles. The first-order valence-corrected chi connectivity index (χ1v) is 10.2. The molecule has 0 saturated heterocycles. The Hall–Kier alpha value is -4.13. The maximum Gasteiger partial charge on any atom is 0.211 e. The Bertz CT molecular complexity index is 1330. The van der Waals surface area contributed by atoms with E-state index in [1.807, 2.05) is 48.5 Å². The van der Waals surface area contributed by atoms with Crippen molar-refractivity contribution in [3.05, 3.63) is 76.5 Å². The lowest BCUT2D eigenvalue weighted by Crippen LogP contribution is -2.08. The first-order valence-electron chi connectivity index (χ1n) is 10.2. The first-order chi connectivity index (χ1) is 16.1. The van der Waals surface area contributed by atoms with Crippen LogP contribution >= 0.6 is 0 Å². The zero-order valence-electron chi connectivity index (χ0n) is 18.8. The minimum atomic E-state index is -0.320. The second-order valence-corrected chi connectivity index (χ2v) is 7.08. The van der Waals surface area contributed by atoms with Gasteiger partial charge in [0.05, 0.1) is 34.0 Å². The largest absolute Gasteiger partial charge is 0.496 e. The molecule has 0 saturated carbocycles. The summed E-state index contributed by atoms with van der Waals surface area (Å²) in [7, 11) is 5.98. The number of ether oxygens (including phenoxy) is 5. The minimum Gasteiger partial charge on any atom is -0.496 e. The molecule has 0 spiro atoms. The Morgan fingerprint density at radius 2 is 1.36 bits per heavy atom. The van der Waals surface area contributed by atoms with Crippen LogP contribution < -0.4 is 29.1 Å². The van der Waals surface area contributed by atoms with Crippen LogP contribution in [0.25, 0.3) is 22.3 Å². The quantitative estimate of drug-likeness (QED) is 0.372. The number of fused-ring (bicyclic) bond motifs is 1. The van der Waals surface area contributed by atoms with Gasteiger partial charge >= 0.3 is 0 Å². The van der Waals surface area contributed by atoms with Crippen molar-refractivity contribution in [2.24, 2.45) is 0 Å². The number of hydrogen-bond acceptors (Lipinski definition) is 7. The molecule has 7 heteroatoms. The number of para-hydroxylation sites is 1. The Morgan fingerprint density at radius 1 is 0.727 bits per heavy atom. The summed E-state index contributed by atoms with van der Waals surface area (Å²) in [5.41, 5.74) is 1.42. The van der Waals surface area contributed by atoms with Crippen LogP contribution in [0.15, 0.2) is 69.9 Å². The van der Waals surface area contributed by atoms with Crippen LogP contribution in [-0.4, -0.2) is 28.4 Å². The third kappa shape index (κ3) is 4.05. The van der Waals surface area contributed by atoms with E-state index >= 15 is 0 Å². The van der Waals surface area contributed by atoms with E-state index in [4.69, 9.17) is 28.1 Å². The molecule has 7 nitrogen and oxygen atoms in total. The zero-order chi connectivity index (χ0) is 23.4. The molecule has 170 valence electrons. The van der Waals surface area contributed by atoms with Gasteiger partial charge in [-0.3, -0.25) is 4.79 Å². The molecular formula is C26H24O7. The maximum atomic E-state index is 13.4. The van der Waals surface area contributed by atoms with Crippen molar-refractivity contribution in [2.75, 3.05) is 28.4 Å². The second-order valence-electron chi connectivity index (χ2n) is 7.08. The van der Waals surface area contributed by atoms with Gasteiger partial charge in [0.2, 0.25) is 17.2 Å². The second kappa shape index (κ2) is 9.56. The van der Waals surface area contributed by atoms with Crippen molar-refractivity contribution in [1.82, 2.24) is 0 Å². The smallest absolute Gasteiger partial charge is 0.211 e. The fourth-order valence-corrected chi connectivity index (χ4v) is 3.70. The number of methoxy groups -OCH3 is 4. The van der Waals surface area contributed by atoms with Crippen molar-refractivity contribution in [2.45, 2.75) is 6.61 Å². The van der Waals surface area contributed by atoms with E-state index in [1.54, 1.807) is 13.2 Å². The Kier molecular flexibility index (Phi) is 6.40. The van der Waals surface area contributed by atoms with Crippen molar-refractivity contribution in [3.8, 4) is 40.1 Å². The highest BCUT2D eigenvalue weighted by Crippen LogP contribution is 2.51. The van der Waals surface area contributed by atoms with Gasteiger partial charge in [0.1, 0.15) is 23.5 Å². The SMILES string of the molecule is COc1ccccc1-c1cc(=O)c2c(OCc3ccccc3)c(OC)c(OC)c(OC)c2o1. The van der Waals surface area contributed by atoms with Crippen LogP contribution in [0.2, 0.25) is 0 Å². The van der Waals surface area contributed by atoms with Crippen molar-refractivity contribution in [1.29, 1.82) is 0 Å². The summed E-state index contributed by atoms with van der Waals surface area (Å²) in [4.78, 5) is 13.4. The van der Waals surface area contributed by atoms with Gasteiger partial charge in [0.15, 0.2) is 16.8 Å². The van der Waals surface area contributed by atoms with Crippen molar-refractivity contribution in [3.63, 3.8) is 0 Å². The molecule has 0 aliphatic rings. The maximum absolute atomic E-state index is 13.4. The van der Waals surface area contributed by atoms with Gasteiger partial charge in [0.25, 0.3) is 0 Å². The number of benzene rings is 3. The molecule has 0 amide bonds. The van der Waals surface area contributed by atoms with E-state index in [1.165, 1.54) is 27.4 Å². The molecule has 0 radical (unpaired) electrons. The molecule has 3 aromatic carbocycles. The van der Waals surface area contributed by atoms with E-state index in [2.05, 4.69) is 0 Å². The van der Waals surface area contributed by atoms with Gasteiger partial charge in [-0.25, -0.2) is 0 Å². The molecule has 0 bridgehead atoms. The van der Waals surface area contributed by atoms with Crippen LogP contribution in [0.1, 0.15) is 5.56 Å². The van der Waals surface area contributed by atoms with Crippen LogP contribution in [0.4, 0.5) is 0 Å². The highest BCUT2D eigenvalue weighted by atomic mass is 16.5. The topological polar surface area (TPSA) is 76.4 Å². The monoisotopic (exact) mass is 448 g/mol. The molecule has 0 fully saturated rings. The van der Waals surface area contributed by atoms with Gasteiger partial charge in [-0.05, 0) is 17.7 Å². The molecule has 0 atom stereocenters. The normalized spacial score (nSPS) is 10.7. The van der Waals surface area contributed by atoms with Crippen molar-refractivity contribution >= 4 is 11.0 Å². The molecule has 0 unspecified atom stereocenters. The van der Waals surface area contributed by atoms with E-state index in [0.717, 1.165) is 5.56 Å². The lowest BCUT2D eigenvalue weighted by atomic mass is 10.1. The molecule has 1 heterocycles. The van der Waals surface area contributed by atoms with Gasteiger partial charge < -0.3 is 28.1 Å². The van der Waals surface area contributed by atoms with Gasteiger partial charge in [-0.2, -0.15) is 0 Å². The lowest BCUT2D eigenvalue weighted by Gasteiger charge is -2.19. The van der Waals surface area contributed by atoms with Crippen LogP contribution in [0.3, 0.4) is 0 Å². The highest BCUT2D eigenvalue weighted by molar-refractivity contribution is 5.95. The highest BCUT2D eigenvalue weighted by Gasteiger charge is 2.28. The van der Waals surface area contributed by atoms with Gasteiger partial charge in [-0.15, -0.1) is 0 Å². The Balaban J connectivity index is 1.99. The molecule has 4 aromatic rings. The summed E-state index contributed by atoms with van der Waals surface area (Å²) < 4.78 is 34.5. The number of rotatable bonds is 8. The summed E-state index contributed by atoms with van der Waals surface area (Å²) >= 11 is 0. The fourth-order valence-electron chi connectivity index (χ4n) is 3.70. The summed E-state index contributed by atoms with van der Waals surface area (Å²) in [5, 5.41) is 0.194. The molecule has 0 N–H and O–H groups in total. The Labute approximate surface area is 191 Å². The Morgan fingerprint density at radius 3 is 2.03 bits per heavy atom. The third-order valence-electron chi connectivity index (χ3n) is 5.21. The summed E-state index contributed by atoms with van der Waals surface area (Å²) in [6, 6.07) is 18.3. The van der Waals surface area contributed by atoms with E-state index in [9.17, 15) is 4.79 Å². The molecular weight excluding hydrogens is 424 g/mol. The van der Waals surface area contributed by atoms with Gasteiger partial charge in [0, 0.05) is 6.07 Å². The van der Waals surface area contributed by atoms with Gasteiger partial charge in [-0.1, -0.05) is 42.5 Å². The molecule has 1 aromatic heterocycles. The molecule has 33 heavy (non-hydrogen) atoms. The van der Waals surface area contributed by atoms with Crippen molar-refractivity contribution < 1.29 is 28.1 Å². The van der Waals surface area contributed by atoms with E-state index < -0.39 is 0 Å². The predicted octanol–water partition coefficient (Wildman–Crippen LogP) is 5.07. The van der Waals surface area contributed by atoms with Crippen LogP contribution in [-0.2, 0) is 6.61 Å². The van der Waals surface area contributed by atoms with Crippen LogP contribution in [0, 0.1) is 0 Å². The third-order valence-corrected chi connectivity index (χ3v) is 5.21. The predicted molar refractivity (Wildman–Crippen MR) is 125 cm³/mol. The standard InChI is InChI=1S/C26H24O7/c1-28-19-13-9-8-12-17(19)20-14-18(27)21-22(32-15-16-10-6-5-7-11-16)24(29-2)26(31-4)25(30-3)23(21)33-20/h5-14H,15H2,1-4H3. The first kappa shape index (κ1) is 22.1. The zero-order valence-corrected chi connectivity index (χ0v) is 18.8. The molecule has 0 aliphatic carbocycles. The fraction of sp³-hybridized carbons (Fsp3) is 0.192. The average molecular weight is 448 g/mol.